The van der Waals surface area contributed by atoms with E-state index in [1.807, 2.05) is 38.1 Å². The number of benzene rings is 2. The zero-order chi connectivity index (χ0) is 21.0. The molecule has 150 valence electrons. The average molecular weight is 411 g/mol. The number of amides is 2. The van der Waals surface area contributed by atoms with E-state index in [9.17, 15) is 9.59 Å². The molecule has 1 atom stereocenters. The number of aryl methyl sites for hydroxylation is 2. The summed E-state index contributed by atoms with van der Waals surface area (Å²) in [7, 11) is 0. The summed E-state index contributed by atoms with van der Waals surface area (Å²) in [6.07, 6.45) is 0. The summed E-state index contributed by atoms with van der Waals surface area (Å²) in [4.78, 5) is 24.0. The highest BCUT2D eigenvalue weighted by atomic mass is 32.2. The first kappa shape index (κ1) is 20.5. The van der Waals surface area contributed by atoms with Gasteiger partial charge in [0.05, 0.1) is 10.9 Å². The maximum atomic E-state index is 12.7. The second-order valence-electron chi connectivity index (χ2n) is 6.62. The number of carbonyl (C=O) groups is 2. The summed E-state index contributed by atoms with van der Waals surface area (Å²) in [5.41, 5.74) is 4.17. The lowest BCUT2D eigenvalue weighted by atomic mass is 10.1. The fourth-order valence-corrected chi connectivity index (χ4v) is 3.59. The molecule has 0 radical (unpaired) electrons. The first-order valence-corrected chi connectivity index (χ1v) is 9.93. The fourth-order valence-electron chi connectivity index (χ4n) is 2.78. The van der Waals surface area contributed by atoms with Crippen molar-refractivity contribution < 1.29 is 9.59 Å². The third-order valence-electron chi connectivity index (χ3n) is 4.23. The van der Waals surface area contributed by atoms with E-state index >= 15 is 0 Å². The number of hydrogen-bond donors (Lipinski definition) is 2. The first-order chi connectivity index (χ1) is 13.8. The number of nitrogens with zero attached hydrogens (tertiary/aromatic N) is 4. The molecule has 0 saturated heterocycles. The van der Waals surface area contributed by atoms with Crippen molar-refractivity contribution in [2.45, 2.75) is 38.1 Å². The highest BCUT2D eigenvalue weighted by molar-refractivity contribution is 8.00. The van der Waals surface area contributed by atoms with Gasteiger partial charge in [-0.05, 0) is 60.5 Å². The van der Waals surface area contributed by atoms with Crippen LogP contribution in [-0.2, 0) is 9.59 Å². The number of carbonyl (C=O) groups excluding carboxylic acids is 2. The Hall–Kier alpha value is -3.20. The van der Waals surface area contributed by atoms with E-state index in [2.05, 4.69) is 26.2 Å². The van der Waals surface area contributed by atoms with E-state index in [4.69, 9.17) is 0 Å². The van der Waals surface area contributed by atoms with E-state index < -0.39 is 5.25 Å². The predicted octanol–water partition coefficient (Wildman–Crippen LogP) is 3.36. The van der Waals surface area contributed by atoms with Crippen LogP contribution in [0.2, 0.25) is 0 Å². The lowest BCUT2D eigenvalue weighted by molar-refractivity contribution is -0.115. The number of nitrogens with one attached hydrogen (secondary N) is 2. The summed E-state index contributed by atoms with van der Waals surface area (Å²) >= 11 is 1.26. The molecule has 0 aliphatic rings. The van der Waals surface area contributed by atoms with Crippen LogP contribution >= 0.6 is 11.8 Å². The van der Waals surface area contributed by atoms with Crippen LogP contribution in [0.1, 0.15) is 25.0 Å². The van der Waals surface area contributed by atoms with Crippen molar-refractivity contribution in [2.24, 2.45) is 0 Å². The van der Waals surface area contributed by atoms with E-state index in [0.717, 1.165) is 16.8 Å². The van der Waals surface area contributed by atoms with Gasteiger partial charge in [0, 0.05) is 18.3 Å². The predicted molar refractivity (Wildman–Crippen MR) is 113 cm³/mol. The number of rotatable bonds is 6. The van der Waals surface area contributed by atoms with Crippen LogP contribution in [0.4, 0.5) is 11.4 Å². The molecule has 0 fully saturated rings. The van der Waals surface area contributed by atoms with Gasteiger partial charge in [0.15, 0.2) is 0 Å². The molecule has 0 aliphatic carbocycles. The number of para-hydroxylation sites is 1. The summed E-state index contributed by atoms with van der Waals surface area (Å²) in [5.74, 6) is -0.292. The zero-order valence-electron chi connectivity index (χ0n) is 16.6. The Balaban J connectivity index is 1.76. The molecule has 1 unspecified atom stereocenters. The lowest BCUT2D eigenvalue weighted by Gasteiger charge is -2.15. The highest BCUT2D eigenvalue weighted by Crippen LogP contribution is 2.26. The summed E-state index contributed by atoms with van der Waals surface area (Å²) in [6, 6.07) is 13.1. The second kappa shape index (κ2) is 8.87. The molecule has 0 bridgehead atoms. The molecule has 0 saturated carbocycles. The van der Waals surface area contributed by atoms with Crippen molar-refractivity contribution in [2.75, 3.05) is 10.6 Å². The van der Waals surface area contributed by atoms with Crippen molar-refractivity contribution >= 4 is 35.0 Å². The molecule has 3 rings (SSSR count). The van der Waals surface area contributed by atoms with E-state index in [0.29, 0.717) is 16.5 Å². The minimum absolute atomic E-state index is 0.131. The minimum Gasteiger partial charge on any atom is -0.326 e. The van der Waals surface area contributed by atoms with E-state index in [1.165, 1.54) is 18.7 Å². The molecule has 8 nitrogen and oxygen atoms in total. The average Bonchev–Trinajstić information content (AvgIpc) is 3.12. The molecule has 2 aromatic carbocycles. The molecule has 9 heteroatoms. The number of tetrazole rings is 1. The van der Waals surface area contributed by atoms with Gasteiger partial charge in [-0.25, -0.2) is 0 Å². The van der Waals surface area contributed by atoms with Gasteiger partial charge >= 0.3 is 0 Å². The van der Waals surface area contributed by atoms with E-state index in [-0.39, 0.29) is 11.8 Å². The van der Waals surface area contributed by atoms with Crippen LogP contribution < -0.4 is 10.6 Å². The van der Waals surface area contributed by atoms with Crippen LogP contribution in [-0.4, -0.2) is 37.3 Å². The largest absolute Gasteiger partial charge is 0.326 e. The molecule has 0 aliphatic heterocycles. The molecule has 3 aromatic rings. The van der Waals surface area contributed by atoms with Gasteiger partial charge < -0.3 is 10.6 Å². The van der Waals surface area contributed by atoms with Crippen molar-refractivity contribution in [3.05, 3.63) is 53.6 Å². The Kier molecular flexibility index (Phi) is 6.28. The molecule has 0 spiro atoms. The standard InChI is InChI=1S/C20H22N6O2S/c1-12-7-5-8-13(2)18(12)22-19(28)14(3)29-20-23-24-25-26(20)17-10-6-9-16(11-17)21-15(4)27/h5-11,14H,1-4H3,(H,21,27)(H,22,28). The van der Waals surface area contributed by atoms with Gasteiger partial charge in [-0.3, -0.25) is 9.59 Å². The van der Waals surface area contributed by atoms with Crippen LogP contribution in [0.25, 0.3) is 5.69 Å². The fraction of sp³-hybridized carbons (Fsp3) is 0.250. The zero-order valence-corrected chi connectivity index (χ0v) is 17.4. The Morgan fingerprint density at radius 1 is 1.07 bits per heavy atom. The molecule has 1 aromatic heterocycles. The molecule has 1 heterocycles. The SMILES string of the molecule is CC(=O)Nc1cccc(-n2nnnc2SC(C)C(=O)Nc2c(C)cccc2C)c1. The third-order valence-corrected chi connectivity index (χ3v) is 5.27. The van der Waals surface area contributed by atoms with Gasteiger partial charge in [0.2, 0.25) is 17.0 Å². The van der Waals surface area contributed by atoms with E-state index in [1.54, 1.807) is 29.8 Å². The summed E-state index contributed by atoms with van der Waals surface area (Å²) in [6.45, 7) is 7.17. The van der Waals surface area contributed by atoms with Crippen LogP contribution in [0, 0.1) is 13.8 Å². The lowest BCUT2D eigenvalue weighted by Crippen LogP contribution is -2.23. The summed E-state index contributed by atoms with van der Waals surface area (Å²) in [5, 5.41) is 17.6. The van der Waals surface area contributed by atoms with Crippen molar-refractivity contribution in [3.8, 4) is 5.69 Å². The van der Waals surface area contributed by atoms with Crippen molar-refractivity contribution in [1.29, 1.82) is 0 Å². The number of hydrogen-bond acceptors (Lipinski definition) is 6. The van der Waals surface area contributed by atoms with Crippen molar-refractivity contribution in [3.63, 3.8) is 0 Å². The van der Waals surface area contributed by atoms with Gasteiger partial charge in [-0.2, -0.15) is 4.68 Å². The van der Waals surface area contributed by atoms with Crippen LogP contribution in [0.15, 0.2) is 47.6 Å². The molecular weight excluding hydrogens is 388 g/mol. The molecular formula is C20H22N6O2S. The third kappa shape index (κ3) is 5.00. The Morgan fingerprint density at radius 2 is 1.76 bits per heavy atom. The van der Waals surface area contributed by atoms with Gasteiger partial charge in [0.25, 0.3) is 0 Å². The normalized spacial score (nSPS) is 11.7. The smallest absolute Gasteiger partial charge is 0.237 e. The quantitative estimate of drug-likeness (QED) is 0.604. The molecule has 2 N–H and O–H groups in total. The topological polar surface area (TPSA) is 102 Å². The van der Waals surface area contributed by atoms with Crippen LogP contribution in [0.5, 0.6) is 0 Å². The maximum Gasteiger partial charge on any atom is 0.237 e. The Bertz CT molecular complexity index is 1030. The van der Waals surface area contributed by atoms with Crippen LogP contribution in [0.3, 0.4) is 0 Å². The maximum absolute atomic E-state index is 12.7. The first-order valence-electron chi connectivity index (χ1n) is 9.05. The van der Waals surface area contributed by atoms with Crippen molar-refractivity contribution in [1.82, 2.24) is 20.2 Å². The second-order valence-corrected chi connectivity index (χ2v) is 7.93. The van der Waals surface area contributed by atoms with Gasteiger partial charge in [-0.1, -0.05) is 36.0 Å². The summed E-state index contributed by atoms with van der Waals surface area (Å²) < 4.78 is 1.54. The minimum atomic E-state index is -0.419. The van der Waals surface area contributed by atoms with Gasteiger partial charge in [-0.15, -0.1) is 5.10 Å². The molecule has 2 amide bonds. The number of aromatic nitrogens is 4. The highest BCUT2D eigenvalue weighted by Gasteiger charge is 2.20. The number of anilines is 2. The number of thioether (sulfide) groups is 1. The Morgan fingerprint density at radius 3 is 2.45 bits per heavy atom. The Labute approximate surface area is 173 Å². The molecule has 29 heavy (non-hydrogen) atoms. The van der Waals surface area contributed by atoms with Gasteiger partial charge in [0.1, 0.15) is 0 Å². The monoisotopic (exact) mass is 410 g/mol.